The number of nitrogens with zero attached hydrogens (tertiary/aromatic N) is 1. The number of hydrogen-bond donors (Lipinski definition) is 2. The number of carbonyl (C=O) groups excluding carboxylic acids is 1. The summed E-state index contributed by atoms with van der Waals surface area (Å²) in [7, 11) is 1.51. The Kier molecular flexibility index (Phi) is 14.8. The molecule has 0 aliphatic heterocycles. The van der Waals surface area contributed by atoms with Crippen LogP contribution in [0.4, 0.5) is 11.4 Å². The van der Waals surface area contributed by atoms with Crippen LogP contribution in [0.3, 0.4) is 0 Å². The third kappa shape index (κ3) is 11.5. The van der Waals surface area contributed by atoms with Crippen molar-refractivity contribution in [3.8, 4) is 0 Å². The van der Waals surface area contributed by atoms with Gasteiger partial charge in [-0.15, -0.1) is 0 Å². The first-order chi connectivity index (χ1) is 21.8. The Morgan fingerprint density at radius 1 is 0.733 bits per heavy atom. The highest BCUT2D eigenvalue weighted by atomic mass is 16.7. The number of aryl methyl sites for hydroxylation is 2. The van der Waals surface area contributed by atoms with Crippen molar-refractivity contribution in [1.29, 1.82) is 0 Å². The Morgan fingerprint density at radius 3 is 1.89 bits per heavy atom. The predicted molar refractivity (Wildman–Crippen MR) is 178 cm³/mol. The third-order valence-electron chi connectivity index (χ3n) is 7.73. The molecule has 9 nitrogen and oxygen atoms in total. The molecule has 240 valence electrons. The van der Waals surface area contributed by atoms with Crippen molar-refractivity contribution in [2.75, 3.05) is 19.6 Å². The molecule has 0 aromatic heterocycles. The molecular formula is C36H44N2O7. The molecular weight excluding hydrogens is 572 g/mol. The smallest absolute Gasteiger partial charge is 0.307 e. The maximum Gasteiger partial charge on any atom is 0.307 e. The Balaban J connectivity index is 0.000000246. The van der Waals surface area contributed by atoms with Gasteiger partial charge in [0.15, 0.2) is 6.79 Å². The zero-order valence-electron chi connectivity index (χ0n) is 26.0. The lowest BCUT2D eigenvalue weighted by Gasteiger charge is -2.09. The van der Waals surface area contributed by atoms with Crippen LogP contribution in [0.25, 0.3) is 21.5 Å². The number of carbonyl (C=O) groups is 2. The molecule has 0 heterocycles. The van der Waals surface area contributed by atoms with E-state index in [9.17, 15) is 19.7 Å². The van der Waals surface area contributed by atoms with E-state index in [4.69, 9.17) is 20.3 Å². The topological polar surface area (TPSA) is 142 Å². The van der Waals surface area contributed by atoms with Crippen LogP contribution in [0.15, 0.2) is 72.8 Å². The fourth-order valence-corrected chi connectivity index (χ4v) is 5.36. The molecule has 4 aromatic rings. The minimum absolute atomic E-state index is 0.0417. The van der Waals surface area contributed by atoms with Gasteiger partial charge >= 0.3 is 11.9 Å². The second-order valence-corrected chi connectivity index (χ2v) is 11.1. The van der Waals surface area contributed by atoms with Crippen LogP contribution in [0.1, 0.15) is 75.3 Å². The van der Waals surface area contributed by atoms with Crippen LogP contribution < -0.4 is 5.73 Å². The summed E-state index contributed by atoms with van der Waals surface area (Å²) in [6.45, 7) is 0.0417. The number of ether oxygens (including phenoxy) is 2. The van der Waals surface area contributed by atoms with Crippen molar-refractivity contribution in [2.45, 2.75) is 77.0 Å². The Labute approximate surface area is 264 Å². The number of unbranched alkanes of at least 4 members (excludes halogenated alkanes) is 6. The van der Waals surface area contributed by atoms with Gasteiger partial charge in [0.25, 0.3) is 5.69 Å². The highest BCUT2D eigenvalue weighted by molar-refractivity contribution is 5.94. The largest absolute Gasteiger partial charge is 0.481 e. The van der Waals surface area contributed by atoms with Crippen LogP contribution in [0.2, 0.25) is 0 Å². The monoisotopic (exact) mass is 616 g/mol. The Morgan fingerprint density at radius 2 is 1.27 bits per heavy atom. The van der Waals surface area contributed by atoms with Crippen LogP contribution in [0.5, 0.6) is 0 Å². The molecule has 0 spiro atoms. The van der Waals surface area contributed by atoms with Gasteiger partial charge in [0.1, 0.15) is 0 Å². The number of methoxy groups -OCH3 is 1. The first kappa shape index (κ1) is 35.0. The van der Waals surface area contributed by atoms with Crippen LogP contribution >= 0.6 is 0 Å². The van der Waals surface area contributed by atoms with E-state index in [1.54, 1.807) is 6.07 Å². The average Bonchev–Trinajstić information content (AvgIpc) is 3.04. The number of anilines is 1. The number of rotatable bonds is 17. The predicted octanol–water partition coefficient (Wildman–Crippen LogP) is 8.39. The van der Waals surface area contributed by atoms with Crippen molar-refractivity contribution in [2.24, 2.45) is 0 Å². The summed E-state index contributed by atoms with van der Waals surface area (Å²) in [5.74, 6) is -0.962. The lowest BCUT2D eigenvalue weighted by Crippen LogP contribution is -2.06. The zero-order chi connectivity index (χ0) is 32.4. The highest BCUT2D eigenvalue weighted by Gasteiger charge is 2.17. The van der Waals surface area contributed by atoms with Gasteiger partial charge in [-0.3, -0.25) is 19.7 Å². The molecule has 0 amide bonds. The first-order valence-corrected chi connectivity index (χ1v) is 15.6. The summed E-state index contributed by atoms with van der Waals surface area (Å²) in [5, 5.41) is 23.8. The fraction of sp³-hybridized carbons (Fsp3) is 0.389. The molecule has 0 radical (unpaired) electrons. The standard InChI is InChI=1S/C19H25NO3.C17H19NO4/c1-22-14-23-18(21)11-5-3-2-4-9-16-13-12-15-8-6-7-10-17(15)19(16)20;19-16(20)10-4-2-1-3-8-14-12-11-13-7-5-6-9-15(13)17(14)18(21)22/h6-8,10,12-13H,2-5,9,11,14,20H2,1H3;5-7,9,11-12H,1-4,8,10H2,(H,19,20). The van der Waals surface area contributed by atoms with E-state index >= 15 is 0 Å². The summed E-state index contributed by atoms with van der Waals surface area (Å²) >= 11 is 0. The molecule has 0 saturated carbocycles. The quantitative estimate of drug-likeness (QED) is 0.0301. The van der Waals surface area contributed by atoms with Gasteiger partial charge in [-0.1, -0.05) is 92.4 Å². The van der Waals surface area contributed by atoms with E-state index in [0.717, 1.165) is 73.4 Å². The number of esters is 1. The van der Waals surface area contributed by atoms with Gasteiger partial charge in [-0.2, -0.15) is 0 Å². The molecule has 3 N–H and O–H groups in total. The highest BCUT2D eigenvalue weighted by Crippen LogP contribution is 2.31. The molecule has 45 heavy (non-hydrogen) atoms. The average molecular weight is 617 g/mol. The maximum absolute atomic E-state index is 11.4. The Bertz CT molecular complexity index is 1550. The SMILES string of the molecule is COCOC(=O)CCCCCCc1ccc2ccccc2c1N.O=C(O)CCCCCCc1ccc2ccccc2c1[N+](=O)[O-]. The fourth-order valence-electron chi connectivity index (χ4n) is 5.36. The molecule has 0 saturated heterocycles. The van der Waals surface area contributed by atoms with Crippen LogP contribution in [-0.2, 0) is 31.9 Å². The molecule has 4 rings (SSSR count). The van der Waals surface area contributed by atoms with E-state index in [1.807, 2.05) is 42.5 Å². The zero-order valence-corrected chi connectivity index (χ0v) is 26.0. The summed E-state index contributed by atoms with van der Waals surface area (Å²) in [6, 6.07) is 23.5. The van der Waals surface area contributed by atoms with Gasteiger partial charge in [-0.25, -0.2) is 0 Å². The lowest BCUT2D eigenvalue weighted by atomic mass is 9.99. The minimum Gasteiger partial charge on any atom is -0.481 e. The van der Waals surface area contributed by atoms with Gasteiger partial charge in [0, 0.05) is 36.6 Å². The van der Waals surface area contributed by atoms with Crippen LogP contribution in [0, 0.1) is 10.1 Å². The number of carboxylic acids is 1. The lowest BCUT2D eigenvalue weighted by molar-refractivity contribution is -0.383. The summed E-state index contributed by atoms with van der Waals surface area (Å²) in [4.78, 5) is 32.8. The van der Waals surface area contributed by atoms with Crippen molar-refractivity contribution in [3.05, 3.63) is 94.0 Å². The van der Waals surface area contributed by atoms with Crippen molar-refractivity contribution < 1.29 is 29.1 Å². The van der Waals surface area contributed by atoms with E-state index in [-0.39, 0.29) is 29.8 Å². The van der Waals surface area contributed by atoms with Gasteiger partial charge in [0.05, 0.1) is 10.3 Å². The number of fused-ring (bicyclic) bond motifs is 2. The van der Waals surface area contributed by atoms with Crippen molar-refractivity contribution >= 4 is 44.9 Å². The van der Waals surface area contributed by atoms with Gasteiger partial charge in [0.2, 0.25) is 0 Å². The number of nitrogen functional groups attached to an aromatic ring is 1. The van der Waals surface area contributed by atoms with Crippen molar-refractivity contribution in [1.82, 2.24) is 0 Å². The number of nitro benzene ring substituents is 1. The summed E-state index contributed by atoms with van der Waals surface area (Å²) in [5.41, 5.74) is 9.33. The van der Waals surface area contributed by atoms with Crippen LogP contribution in [-0.4, -0.2) is 35.9 Å². The van der Waals surface area contributed by atoms with E-state index < -0.39 is 5.97 Å². The number of carboxylic acid groups (broad SMARTS) is 1. The van der Waals surface area contributed by atoms with Gasteiger partial charge < -0.3 is 20.3 Å². The molecule has 0 unspecified atom stereocenters. The van der Waals surface area contributed by atoms with E-state index in [0.29, 0.717) is 24.6 Å². The number of nitrogens with two attached hydrogens (primary N) is 1. The molecule has 0 aliphatic rings. The Hall–Kier alpha value is -4.50. The van der Waals surface area contributed by atoms with E-state index in [2.05, 4.69) is 24.3 Å². The normalized spacial score (nSPS) is 10.8. The molecule has 0 atom stereocenters. The second kappa shape index (κ2) is 19.0. The first-order valence-electron chi connectivity index (χ1n) is 15.6. The van der Waals surface area contributed by atoms with Crippen molar-refractivity contribution in [3.63, 3.8) is 0 Å². The summed E-state index contributed by atoms with van der Waals surface area (Å²) in [6.07, 6.45) is 9.54. The molecule has 0 fully saturated rings. The molecule has 4 aromatic carbocycles. The van der Waals surface area contributed by atoms with Gasteiger partial charge in [-0.05, 0) is 60.9 Å². The summed E-state index contributed by atoms with van der Waals surface area (Å²) < 4.78 is 9.54. The number of nitro groups is 1. The molecule has 9 heteroatoms. The third-order valence-corrected chi connectivity index (χ3v) is 7.73. The second-order valence-electron chi connectivity index (χ2n) is 11.1. The molecule has 0 bridgehead atoms. The molecule has 0 aliphatic carbocycles. The number of aliphatic carboxylic acids is 1. The van der Waals surface area contributed by atoms with E-state index in [1.165, 1.54) is 18.1 Å². The number of hydrogen-bond acceptors (Lipinski definition) is 7. The maximum atomic E-state index is 11.4. The number of benzene rings is 4. The minimum atomic E-state index is -0.773.